The first-order valence-corrected chi connectivity index (χ1v) is 6.03. The Bertz CT molecular complexity index is 456. The molecule has 6 heteroatoms. The van der Waals surface area contributed by atoms with Crippen LogP contribution in [0, 0.1) is 0 Å². The molecule has 0 spiro atoms. The van der Waals surface area contributed by atoms with E-state index in [4.69, 9.17) is 16.7 Å². The summed E-state index contributed by atoms with van der Waals surface area (Å²) in [5, 5.41) is 8.97. The summed E-state index contributed by atoms with van der Waals surface area (Å²) in [7, 11) is -0.641. The number of hydrogen-bond donors (Lipinski definition) is 1. The molecular formula is C9H12ClNO3S. The molecule has 0 heterocycles. The highest BCUT2D eigenvalue weighted by Crippen LogP contribution is 2.24. The third-order valence-corrected chi connectivity index (χ3v) is 4.24. The monoisotopic (exact) mass is 249 g/mol. The van der Waals surface area contributed by atoms with E-state index >= 15 is 0 Å². The molecule has 1 rings (SSSR count). The lowest BCUT2D eigenvalue weighted by molar-refractivity contribution is 0.282. The summed E-state index contributed by atoms with van der Waals surface area (Å²) in [6, 6.07) is 4.36. The van der Waals surface area contributed by atoms with E-state index in [1.54, 1.807) is 0 Å². The van der Waals surface area contributed by atoms with Crippen LogP contribution in [0.4, 0.5) is 0 Å². The van der Waals surface area contributed by atoms with Crippen LogP contribution >= 0.6 is 11.6 Å². The third-order valence-electron chi connectivity index (χ3n) is 1.94. The quantitative estimate of drug-likeness (QED) is 0.872. The van der Waals surface area contributed by atoms with Crippen molar-refractivity contribution in [3.63, 3.8) is 0 Å². The van der Waals surface area contributed by atoms with Gasteiger partial charge in [-0.25, -0.2) is 12.7 Å². The summed E-state index contributed by atoms with van der Waals surface area (Å²) < 4.78 is 24.6. The Kier molecular flexibility index (Phi) is 3.72. The maximum absolute atomic E-state index is 11.7. The van der Waals surface area contributed by atoms with Gasteiger partial charge in [-0.15, -0.1) is 0 Å². The summed E-state index contributed by atoms with van der Waals surface area (Å²) >= 11 is 5.82. The Morgan fingerprint density at radius 2 is 2.00 bits per heavy atom. The van der Waals surface area contributed by atoms with Gasteiger partial charge in [-0.05, 0) is 17.7 Å². The topological polar surface area (TPSA) is 57.6 Å². The summed E-state index contributed by atoms with van der Waals surface area (Å²) in [4.78, 5) is 0.0476. The van der Waals surface area contributed by atoms with E-state index in [9.17, 15) is 8.42 Å². The molecule has 0 aromatic heterocycles. The van der Waals surface area contributed by atoms with Crippen LogP contribution in [0.2, 0.25) is 5.02 Å². The highest BCUT2D eigenvalue weighted by atomic mass is 35.5. The Morgan fingerprint density at radius 3 is 2.40 bits per heavy atom. The van der Waals surface area contributed by atoms with Gasteiger partial charge in [-0.3, -0.25) is 0 Å². The van der Waals surface area contributed by atoms with Gasteiger partial charge in [0.1, 0.15) is 4.90 Å². The molecule has 0 aliphatic rings. The van der Waals surface area contributed by atoms with Gasteiger partial charge in [0.15, 0.2) is 0 Å². The molecule has 0 radical (unpaired) electrons. The minimum atomic E-state index is -3.51. The molecule has 0 atom stereocenters. The Labute approximate surface area is 94.1 Å². The average Bonchev–Trinajstić information content (AvgIpc) is 2.16. The van der Waals surface area contributed by atoms with E-state index < -0.39 is 10.0 Å². The molecule has 84 valence electrons. The van der Waals surface area contributed by atoms with Gasteiger partial charge in [0.2, 0.25) is 10.0 Å². The van der Waals surface area contributed by atoms with Gasteiger partial charge in [0, 0.05) is 14.1 Å². The van der Waals surface area contributed by atoms with Gasteiger partial charge in [-0.2, -0.15) is 0 Å². The molecule has 0 saturated carbocycles. The van der Waals surface area contributed by atoms with Crippen molar-refractivity contribution in [2.45, 2.75) is 11.5 Å². The summed E-state index contributed by atoms with van der Waals surface area (Å²) in [5.41, 5.74) is 0.581. The fourth-order valence-corrected chi connectivity index (χ4v) is 2.48. The predicted molar refractivity (Wildman–Crippen MR) is 58.2 cm³/mol. The number of hydrogen-bond acceptors (Lipinski definition) is 3. The van der Waals surface area contributed by atoms with Gasteiger partial charge in [-0.1, -0.05) is 17.7 Å². The van der Waals surface area contributed by atoms with Crippen LogP contribution in [-0.2, 0) is 16.6 Å². The molecular weight excluding hydrogens is 238 g/mol. The van der Waals surface area contributed by atoms with Crippen molar-refractivity contribution in [1.82, 2.24) is 4.31 Å². The standard InChI is InChI=1S/C9H12ClNO3S/c1-11(2)15(13,14)9-4-3-7(6-12)5-8(9)10/h3-5,12H,6H2,1-2H3. The lowest BCUT2D eigenvalue weighted by Crippen LogP contribution is -2.22. The molecule has 0 fully saturated rings. The smallest absolute Gasteiger partial charge is 0.244 e. The van der Waals surface area contributed by atoms with Gasteiger partial charge >= 0.3 is 0 Å². The number of halogens is 1. The maximum Gasteiger partial charge on any atom is 0.244 e. The second-order valence-electron chi connectivity index (χ2n) is 3.21. The number of aliphatic hydroxyl groups is 1. The molecule has 0 bridgehead atoms. The van der Waals surface area contributed by atoms with E-state index in [2.05, 4.69) is 0 Å². The SMILES string of the molecule is CN(C)S(=O)(=O)c1ccc(CO)cc1Cl. The number of rotatable bonds is 3. The van der Waals surface area contributed by atoms with Crippen molar-refractivity contribution < 1.29 is 13.5 Å². The first kappa shape index (κ1) is 12.4. The molecule has 1 aromatic carbocycles. The van der Waals surface area contributed by atoms with Gasteiger partial charge in [0.25, 0.3) is 0 Å². The summed E-state index contributed by atoms with van der Waals surface area (Å²) in [5.74, 6) is 0. The molecule has 1 N–H and O–H groups in total. The molecule has 1 aromatic rings. The first-order valence-electron chi connectivity index (χ1n) is 4.21. The fraction of sp³-hybridized carbons (Fsp3) is 0.333. The first-order chi connectivity index (χ1) is 6.89. The zero-order chi connectivity index (χ0) is 11.6. The van der Waals surface area contributed by atoms with E-state index in [0.717, 1.165) is 4.31 Å². The largest absolute Gasteiger partial charge is 0.392 e. The van der Waals surface area contributed by atoms with Crippen molar-refractivity contribution in [1.29, 1.82) is 0 Å². The molecule has 0 saturated heterocycles. The van der Waals surface area contributed by atoms with Crippen LogP contribution in [0.15, 0.2) is 23.1 Å². The minimum Gasteiger partial charge on any atom is -0.392 e. The summed E-state index contributed by atoms with van der Waals surface area (Å²) in [6.07, 6.45) is 0. The van der Waals surface area contributed by atoms with Crippen LogP contribution in [-0.4, -0.2) is 31.9 Å². The highest BCUT2D eigenvalue weighted by Gasteiger charge is 2.20. The van der Waals surface area contributed by atoms with E-state index in [1.165, 1.54) is 32.3 Å². The maximum atomic E-state index is 11.7. The Morgan fingerprint density at radius 1 is 1.40 bits per heavy atom. The zero-order valence-electron chi connectivity index (χ0n) is 8.44. The third kappa shape index (κ3) is 2.49. The van der Waals surface area contributed by atoms with E-state index in [0.29, 0.717) is 5.56 Å². The Hall–Kier alpha value is -0.620. The molecule has 0 aliphatic heterocycles. The van der Waals surface area contributed by atoms with Crippen molar-refractivity contribution >= 4 is 21.6 Å². The van der Waals surface area contributed by atoms with E-state index in [-0.39, 0.29) is 16.5 Å². The van der Waals surface area contributed by atoms with Gasteiger partial charge < -0.3 is 5.11 Å². The minimum absolute atomic E-state index is 0.0476. The predicted octanol–water partition coefficient (Wildman–Crippen LogP) is 1.08. The van der Waals surface area contributed by atoms with Crippen LogP contribution < -0.4 is 0 Å². The van der Waals surface area contributed by atoms with Crippen LogP contribution in [0.25, 0.3) is 0 Å². The van der Waals surface area contributed by atoms with Crippen molar-refractivity contribution in [2.24, 2.45) is 0 Å². The van der Waals surface area contributed by atoms with E-state index in [1.807, 2.05) is 0 Å². The molecule has 15 heavy (non-hydrogen) atoms. The number of nitrogens with zero attached hydrogens (tertiary/aromatic N) is 1. The normalized spacial score (nSPS) is 12.1. The van der Waals surface area contributed by atoms with Crippen LogP contribution in [0.1, 0.15) is 5.56 Å². The Balaban J connectivity index is 3.29. The lowest BCUT2D eigenvalue weighted by Gasteiger charge is -2.12. The lowest BCUT2D eigenvalue weighted by atomic mass is 10.2. The van der Waals surface area contributed by atoms with Crippen molar-refractivity contribution in [2.75, 3.05) is 14.1 Å². The number of sulfonamides is 1. The van der Waals surface area contributed by atoms with Crippen LogP contribution in [0.3, 0.4) is 0 Å². The van der Waals surface area contributed by atoms with Crippen molar-refractivity contribution in [3.05, 3.63) is 28.8 Å². The van der Waals surface area contributed by atoms with Gasteiger partial charge in [0.05, 0.1) is 11.6 Å². The van der Waals surface area contributed by atoms with Crippen LogP contribution in [0.5, 0.6) is 0 Å². The second kappa shape index (κ2) is 4.49. The molecule has 4 nitrogen and oxygen atoms in total. The molecule has 0 amide bonds. The highest BCUT2D eigenvalue weighted by molar-refractivity contribution is 7.89. The summed E-state index contributed by atoms with van der Waals surface area (Å²) in [6.45, 7) is -0.165. The molecule has 0 unspecified atom stereocenters. The average molecular weight is 250 g/mol. The zero-order valence-corrected chi connectivity index (χ0v) is 10.0. The van der Waals surface area contributed by atoms with Crippen molar-refractivity contribution in [3.8, 4) is 0 Å². The molecule has 0 aliphatic carbocycles. The second-order valence-corrected chi connectivity index (χ2v) is 5.74. The number of benzene rings is 1. The fourth-order valence-electron chi connectivity index (χ4n) is 1.05. The number of aliphatic hydroxyl groups excluding tert-OH is 1.